The third-order valence-electron chi connectivity index (χ3n) is 2.85. The fraction of sp³-hybridized carbons (Fsp3) is 0.385. The van der Waals surface area contributed by atoms with Crippen molar-refractivity contribution in [1.82, 2.24) is 20.3 Å². The van der Waals surface area contributed by atoms with Gasteiger partial charge in [-0.25, -0.2) is 9.07 Å². The third kappa shape index (κ3) is 4.06. The molecule has 2 aromatic rings. The Balaban J connectivity index is 2.15. The van der Waals surface area contributed by atoms with Crippen molar-refractivity contribution in [2.45, 2.75) is 33.0 Å². The second-order valence-corrected chi connectivity index (χ2v) is 4.97. The maximum atomic E-state index is 13.3. The Kier molecular flexibility index (Phi) is 4.59. The highest BCUT2D eigenvalue weighted by Crippen LogP contribution is 2.20. The molecular formula is C13H16FN5O2. The van der Waals surface area contributed by atoms with Gasteiger partial charge in [-0.05, 0) is 12.1 Å². The molecule has 0 aliphatic rings. The number of nitrogens with one attached hydrogen (secondary N) is 1. The number of aromatic nitrogens is 3. The van der Waals surface area contributed by atoms with Gasteiger partial charge in [0.05, 0.1) is 28.9 Å². The van der Waals surface area contributed by atoms with E-state index in [2.05, 4.69) is 15.6 Å². The molecule has 0 bridgehead atoms. The van der Waals surface area contributed by atoms with Gasteiger partial charge in [0.15, 0.2) is 0 Å². The molecule has 0 radical (unpaired) electrons. The number of nitro benzene ring substituents is 1. The minimum absolute atomic E-state index is 0.1000. The molecule has 0 amide bonds. The summed E-state index contributed by atoms with van der Waals surface area (Å²) in [5.74, 6) is -0.516. The van der Waals surface area contributed by atoms with Gasteiger partial charge in [0, 0.05) is 18.7 Å². The van der Waals surface area contributed by atoms with E-state index in [1.54, 1.807) is 6.20 Å². The van der Waals surface area contributed by atoms with Crippen molar-refractivity contribution >= 4 is 5.69 Å². The van der Waals surface area contributed by atoms with Gasteiger partial charge in [0.1, 0.15) is 5.82 Å². The summed E-state index contributed by atoms with van der Waals surface area (Å²) in [5.41, 5.74) is 0.852. The lowest BCUT2D eigenvalue weighted by molar-refractivity contribution is -0.385. The molecule has 0 aliphatic heterocycles. The van der Waals surface area contributed by atoms with E-state index >= 15 is 0 Å². The van der Waals surface area contributed by atoms with Crippen molar-refractivity contribution in [3.05, 3.63) is 51.6 Å². The van der Waals surface area contributed by atoms with Gasteiger partial charge < -0.3 is 5.32 Å². The lowest BCUT2D eigenvalue weighted by Crippen LogP contribution is -2.21. The van der Waals surface area contributed by atoms with Gasteiger partial charge >= 0.3 is 0 Å². The fourth-order valence-electron chi connectivity index (χ4n) is 1.84. The van der Waals surface area contributed by atoms with E-state index in [1.165, 1.54) is 4.68 Å². The predicted molar refractivity (Wildman–Crippen MR) is 74.2 cm³/mol. The molecule has 0 saturated heterocycles. The standard InChI is InChI=1S/C13H16FN5O2/c1-9(2)15-6-12-8-18(17-16-12)7-10-5-11(14)3-4-13(10)19(20)21/h3-5,8-9,15H,6-7H2,1-2H3. The van der Waals surface area contributed by atoms with Gasteiger partial charge in [-0.3, -0.25) is 10.1 Å². The molecular weight excluding hydrogens is 277 g/mol. The Hall–Kier alpha value is -2.35. The molecule has 1 heterocycles. The summed E-state index contributed by atoms with van der Waals surface area (Å²) in [6.07, 6.45) is 1.68. The molecule has 2 rings (SSSR count). The van der Waals surface area contributed by atoms with Crippen LogP contribution in [0.1, 0.15) is 25.1 Å². The highest BCUT2D eigenvalue weighted by molar-refractivity contribution is 5.40. The van der Waals surface area contributed by atoms with Gasteiger partial charge in [-0.15, -0.1) is 5.10 Å². The van der Waals surface area contributed by atoms with Crippen LogP contribution in [0.5, 0.6) is 0 Å². The minimum Gasteiger partial charge on any atom is -0.309 e. The van der Waals surface area contributed by atoms with Gasteiger partial charge in [-0.1, -0.05) is 19.1 Å². The molecule has 0 saturated carbocycles. The molecule has 112 valence electrons. The summed E-state index contributed by atoms with van der Waals surface area (Å²) in [6, 6.07) is 3.69. The quantitative estimate of drug-likeness (QED) is 0.649. The minimum atomic E-state index is -0.535. The van der Waals surface area contributed by atoms with Crippen LogP contribution < -0.4 is 5.32 Å². The van der Waals surface area contributed by atoms with Crippen molar-refractivity contribution in [2.75, 3.05) is 0 Å². The molecule has 1 aromatic heterocycles. The average molecular weight is 293 g/mol. The average Bonchev–Trinajstić information content (AvgIpc) is 2.83. The molecule has 1 N–H and O–H groups in total. The van der Waals surface area contributed by atoms with Crippen LogP contribution in [0.25, 0.3) is 0 Å². The fourth-order valence-corrected chi connectivity index (χ4v) is 1.84. The lowest BCUT2D eigenvalue weighted by Gasteiger charge is -2.04. The molecule has 7 nitrogen and oxygen atoms in total. The van der Waals surface area contributed by atoms with Crippen LogP contribution >= 0.6 is 0 Å². The lowest BCUT2D eigenvalue weighted by atomic mass is 10.2. The second kappa shape index (κ2) is 6.40. The maximum Gasteiger partial charge on any atom is 0.274 e. The Morgan fingerprint density at radius 3 is 2.90 bits per heavy atom. The van der Waals surface area contributed by atoms with Crippen LogP contribution in [0.2, 0.25) is 0 Å². The number of benzene rings is 1. The first kappa shape index (κ1) is 15.0. The summed E-state index contributed by atoms with van der Waals surface area (Å²) >= 11 is 0. The van der Waals surface area contributed by atoms with E-state index in [0.717, 1.165) is 23.9 Å². The van der Waals surface area contributed by atoms with Crippen molar-refractivity contribution in [3.8, 4) is 0 Å². The highest BCUT2D eigenvalue weighted by atomic mass is 19.1. The number of nitrogens with zero attached hydrogens (tertiary/aromatic N) is 4. The Morgan fingerprint density at radius 1 is 1.48 bits per heavy atom. The predicted octanol–water partition coefficient (Wildman–Crippen LogP) is 1.87. The number of halogens is 1. The topological polar surface area (TPSA) is 85.9 Å². The molecule has 8 heteroatoms. The van der Waals surface area contributed by atoms with E-state index in [0.29, 0.717) is 12.6 Å². The molecule has 21 heavy (non-hydrogen) atoms. The van der Waals surface area contributed by atoms with Crippen LogP contribution in [0.3, 0.4) is 0 Å². The SMILES string of the molecule is CC(C)NCc1cn(Cc2cc(F)ccc2[N+](=O)[O-])nn1. The summed E-state index contributed by atoms with van der Waals surface area (Å²) in [7, 11) is 0. The first-order chi connectivity index (χ1) is 9.95. The number of hydrogen-bond acceptors (Lipinski definition) is 5. The van der Waals surface area contributed by atoms with Crippen molar-refractivity contribution in [2.24, 2.45) is 0 Å². The van der Waals surface area contributed by atoms with Gasteiger partial charge in [-0.2, -0.15) is 0 Å². The zero-order chi connectivity index (χ0) is 15.4. The first-order valence-electron chi connectivity index (χ1n) is 6.51. The summed E-state index contributed by atoms with van der Waals surface area (Å²) in [4.78, 5) is 10.4. The zero-order valence-electron chi connectivity index (χ0n) is 11.8. The second-order valence-electron chi connectivity index (χ2n) is 4.97. The van der Waals surface area contributed by atoms with E-state index in [4.69, 9.17) is 0 Å². The zero-order valence-corrected chi connectivity index (χ0v) is 11.8. The third-order valence-corrected chi connectivity index (χ3v) is 2.85. The van der Waals surface area contributed by atoms with Crippen molar-refractivity contribution in [3.63, 3.8) is 0 Å². The smallest absolute Gasteiger partial charge is 0.274 e. The number of rotatable bonds is 6. The monoisotopic (exact) mass is 293 g/mol. The summed E-state index contributed by atoms with van der Waals surface area (Å²) in [5, 5.41) is 22.0. The van der Waals surface area contributed by atoms with E-state index in [9.17, 15) is 14.5 Å². The van der Waals surface area contributed by atoms with Crippen LogP contribution in [0.4, 0.5) is 10.1 Å². The van der Waals surface area contributed by atoms with E-state index in [1.807, 2.05) is 13.8 Å². The molecule has 0 atom stereocenters. The molecule has 0 aliphatic carbocycles. The van der Waals surface area contributed by atoms with Crippen LogP contribution in [0.15, 0.2) is 24.4 Å². The number of hydrogen-bond donors (Lipinski definition) is 1. The normalized spacial score (nSPS) is 11.0. The largest absolute Gasteiger partial charge is 0.309 e. The number of nitro groups is 1. The van der Waals surface area contributed by atoms with Crippen LogP contribution in [-0.2, 0) is 13.1 Å². The van der Waals surface area contributed by atoms with Crippen molar-refractivity contribution < 1.29 is 9.31 Å². The Morgan fingerprint density at radius 2 is 2.24 bits per heavy atom. The Bertz CT molecular complexity index is 641. The molecule has 0 spiro atoms. The maximum absolute atomic E-state index is 13.3. The van der Waals surface area contributed by atoms with Gasteiger partial charge in [0.25, 0.3) is 5.69 Å². The molecule has 0 fully saturated rings. The molecule has 1 aromatic carbocycles. The van der Waals surface area contributed by atoms with E-state index < -0.39 is 10.7 Å². The molecule has 0 unspecified atom stereocenters. The van der Waals surface area contributed by atoms with Crippen molar-refractivity contribution in [1.29, 1.82) is 0 Å². The summed E-state index contributed by atoms with van der Waals surface area (Å²) < 4.78 is 14.7. The Labute approximate surface area is 120 Å². The highest BCUT2D eigenvalue weighted by Gasteiger charge is 2.15. The summed E-state index contributed by atoms with van der Waals surface area (Å²) in [6.45, 7) is 4.69. The first-order valence-corrected chi connectivity index (χ1v) is 6.51. The van der Waals surface area contributed by atoms with Crippen LogP contribution in [-0.4, -0.2) is 26.0 Å². The van der Waals surface area contributed by atoms with Crippen LogP contribution in [0, 0.1) is 15.9 Å². The van der Waals surface area contributed by atoms with E-state index in [-0.39, 0.29) is 17.8 Å². The van der Waals surface area contributed by atoms with Gasteiger partial charge in [0.2, 0.25) is 0 Å².